The van der Waals surface area contributed by atoms with Gasteiger partial charge in [-0.05, 0) is 32.3 Å². The predicted octanol–water partition coefficient (Wildman–Crippen LogP) is 1.49. The highest BCUT2D eigenvalue weighted by molar-refractivity contribution is 5.82. The lowest BCUT2D eigenvalue weighted by Gasteiger charge is -2.11. The highest BCUT2D eigenvalue weighted by atomic mass is 16.5. The molecule has 0 aromatic rings. The van der Waals surface area contributed by atoms with Crippen molar-refractivity contribution < 1.29 is 19.7 Å². The molecular formula is C14H20O4. The summed E-state index contributed by atoms with van der Waals surface area (Å²) >= 11 is 0. The van der Waals surface area contributed by atoms with Crippen LogP contribution in [0.3, 0.4) is 0 Å². The number of carbonyl (C=O) groups is 1. The fourth-order valence-electron chi connectivity index (χ4n) is 1.59. The normalized spacial score (nSPS) is 30.8. The highest BCUT2D eigenvalue weighted by Gasteiger charge is 2.07. The van der Waals surface area contributed by atoms with Crippen LogP contribution in [0.4, 0.5) is 0 Å². The number of cyclic esters (lactones) is 1. The van der Waals surface area contributed by atoms with E-state index in [2.05, 4.69) is 0 Å². The Bertz CT molecular complexity index is 344. The van der Waals surface area contributed by atoms with Crippen LogP contribution in [0.25, 0.3) is 0 Å². The van der Waals surface area contributed by atoms with Crippen molar-refractivity contribution >= 4 is 5.97 Å². The molecule has 0 saturated carbocycles. The largest absolute Gasteiger partial charge is 0.460 e. The maximum absolute atomic E-state index is 11.4. The molecule has 0 bridgehead atoms. The summed E-state index contributed by atoms with van der Waals surface area (Å²) in [5, 5.41) is 19.0. The molecule has 1 aliphatic rings. The van der Waals surface area contributed by atoms with Gasteiger partial charge in [0.25, 0.3) is 0 Å². The summed E-state index contributed by atoms with van der Waals surface area (Å²) in [6.07, 6.45) is 9.74. The molecule has 0 unspecified atom stereocenters. The summed E-state index contributed by atoms with van der Waals surface area (Å²) in [4.78, 5) is 11.4. The number of rotatable bonds is 0. The van der Waals surface area contributed by atoms with E-state index in [1.807, 2.05) is 13.0 Å². The number of esters is 1. The summed E-state index contributed by atoms with van der Waals surface area (Å²) in [7, 11) is 0. The number of carbonyl (C=O) groups excluding carboxylic acids is 1. The average Bonchev–Trinajstić information content (AvgIpc) is 2.32. The first kappa shape index (κ1) is 14.7. The Hall–Kier alpha value is -1.39. The number of allylic oxidation sites excluding steroid dienone is 1. The van der Waals surface area contributed by atoms with Crippen LogP contribution in [0.2, 0.25) is 0 Å². The Morgan fingerprint density at radius 3 is 2.56 bits per heavy atom. The average molecular weight is 252 g/mol. The van der Waals surface area contributed by atoms with Gasteiger partial charge in [0.2, 0.25) is 0 Å². The van der Waals surface area contributed by atoms with Gasteiger partial charge in [-0.25, -0.2) is 4.79 Å². The fourth-order valence-corrected chi connectivity index (χ4v) is 1.59. The van der Waals surface area contributed by atoms with E-state index >= 15 is 0 Å². The zero-order valence-corrected chi connectivity index (χ0v) is 10.5. The molecular weight excluding hydrogens is 232 g/mol. The van der Waals surface area contributed by atoms with Crippen LogP contribution in [-0.2, 0) is 9.53 Å². The van der Waals surface area contributed by atoms with E-state index in [1.54, 1.807) is 6.08 Å². The molecule has 0 aromatic heterocycles. The van der Waals surface area contributed by atoms with Gasteiger partial charge < -0.3 is 14.9 Å². The fraction of sp³-hybridized carbons (Fsp3) is 0.500. The van der Waals surface area contributed by atoms with E-state index in [9.17, 15) is 15.0 Å². The maximum Gasteiger partial charge on any atom is 0.330 e. The molecule has 2 N–H and O–H groups in total. The van der Waals surface area contributed by atoms with Gasteiger partial charge in [0.05, 0.1) is 18.3 Å². The Morgan fingerprint density at radius 1 is 1.17 bits per heavy atom. The first-order valence-corrected chi connectivity index (χ1v) is 6.18. The quantitative estimate of drug-likeness (QED) is 0.506. The standard InChI is InChI=1S/C14H20O4/c1-11-5-3-2-4-6-12(15)7-8-13(16)9-10-14(17)18-11/h4,6-13,15-16H,2-3,5H2,1H3/t11-,12+,13+/m1/s1. The Balaban J connectivity index is 2.69. The zero-order valence-electron chi connectivity index (χ0n) is 10.5. The third kappa shape index (κ3) is 6.37. The van der Waals surface area contributed by atoms with Crippen LogP contribution >= 0.6 is 0 Å². The molecule has 3 atom stereocenters. The summed E-state index contributed by atoms with van der Waals surface area (Å²) in [6.45, 7) is 1.84. The first-order chi connectivity index (χ1) is 8.58. The third-order valence-corrected chi connectivity index (χ3v) is 2.57. The van der Waals surface area contributed by atoms with Gasteiger partial charge in [0.1, 0.15) is 0 Å². The summed E-state index contributed by atoms with van der Waals surface area (Å²) in [6, 6.07) is 0. The van der Waals surface area contributed by atoms with Gasteiger partial charge in [-0.1, -0.05) is 24.3 Å². The van der Waals surface area contributed by atoms with E-state index < -0.39 is 18.2 Å². The van der Waals surface area contributed by atoms with Crippen molar-refractivity contribution in [2.75, 3.05) is 0 Å². The van der Waals surface area contributed by atoms with E-state index in [0.717, 1.165) is 19.3 Å². The van der Waals surface area contributed by atoms with Gasteiger partial charge >= 0.3 is 5.97 Å². The molecule has 0 spiro atoms. The minimum absolute atomic E-state index is 0.143. The van der Waals surface area contributed by atoms with Crippen LogP contribution in [0.5, 0.6) is 0 Å². The van der Waals surface area contributed by atoms with Crippen molar-refractivity contribution in [3.8, 4) is 0 Å². The molecule has 0 saturated heterocycles. The van der Waals surface area contributed by atoms with Crippen molar-refractivity contribution in [1.29, 1.82) is 0 Å². The van der Waals surface area contributed by atoms with Gasteiger partial charge in [0, 0.05) is 6.08 Å². The molecule has 4 nitrogen and oxygen atoms in total. The number of ether oxygens (including phenoxy) is 1. The second-order valence-corrected chi connectivity index (χ2v) is 4.33. The van der Waals surface area contributed by atoms with Crippen molar-refractivity contribution in [1.82, 2.24) is 0 Å². The lowest BCUT2D eigenvalue weighted by atomic mass is 10.1. The lowest BCUT2D eigenvalue weighted by molar-refractivity contribution is -0.142. The summed E-state index contributed by atoms with van der Waals surface area (Å²) < 4.78 is 5.13. The predicted molar refractivity (Wildman–Crippen MR) is 68.8 cm³/mol. The van der Waals surface area contributed by atoms with E-state index in [4.69, 9.17) is 4.74 Å². The zero-order chi connectivity index (χ0) is 13.4. The Labute approximate surface area is 107 Å². The summed E-state index contributed by atoms with van der Waals surface area (Å²) in [5.41, 5.74) is 0. The SMILES string of the molecule is C[C@@H]1CCCC=C[C@H](O)C=C[C@H](O)C=CC(=O)O1. The Morgan fingerprint density at radius 2 is 1.83 bits per heavy atom. The molecule has 4 heteroatoms. The minimum Gasteiger partial charge on any atom is -0.460 e. The van der Waals surface area contributed by atoms with Gasteiger partial charge in [-0.15, -0.1) is 0 Å². The van der Waals surface area contributed by atoms with E-state index in [0.29, 0.717) is 0 Å². The highest BCUT2D eigenvalue weighted by Crippen LogP contribution is 2.07. The second-order valence-electron chi connectivity index (χ2n) is 4.33. The summed E-state index contributed by atoms with van der Waals surface area (Å²) in [5.74, 6) is -0.455. The number of aliphatic hydroxyl groups excluding tert-OH is 2. The lowest BCUT2D eigenvalue weighted by Crippen LogP contribution is -2.13. The number of aliphatic hydroxyl groups is 2. The van der Waals surface area contributed by atoms with E-state index in [1.165, 1.54) is 24.3 Å². The molecule has 0 radical (unpaired) electrons. The number of hydrogen-bond acceptors (Lipinski definition) is 4. The van der Waals surface area contributed by atoms with Crippen LogP contribution in [-0.4, -0.2) is 34.5 Å². The molecule has 100 valence electrons. The van der Waals surface area contributed by atoms with Crippen molar-refractivity contribution in [2.24, 2.45) is 0 Å². The molecule has 0 amide bonds. The van der Waals surface area contributed by atoms with Gasteiger partial charge in [-0.3, -0.25) is 0 Å². The van der Waals surface area contributed by atoms with Crippen molar-refractivity contribution in [3.05, 3.63) is 36.5 Å². The molecule has 0 aromatic carbocycles. The molecule has 0 fully saturated rings. The molecule has 1 heterocycles. The molecule has 1 aliphatic heterocycles. The van der Waals surface area contributed by atoms with Gasteiger partial charge in [-0.2, -0.15) is 0 Å². The second kappa shape index (κ2) is 7.84. The van der Waals surface area contributed by atoms with Crippen molar-refractivity contribution in [2.45, 2.75) is 44.5 Å². The van der Waals surface area contributed by atoms with Crippen LogP contribution in [0, 0.1) is 0 Å². The third-order valence-electron chi connectivity index (χ3n) is 2.57. The van der Waals surface area contributed by atoms with Crippen LogP contribution in [0.15, 0.2) is 36.5 Å². The monoisotopic (exact) mass is 252 g/mol. The Kier molecular flexibility index (Phi) is 6.39. The molecule has 1 rings (SSSR count). The molecule has 18 heavy (non-hydrogen) atoms. The molecule has 0 aliphatic carbocycles. The number of hydrogen-bond donors (Lipinski definition) is 2. The van der Waals surface area contributed by atoms with Crippen LogP contribution < -0.4 is 0 Å². The maximum atomic E-state index is 11.4. The topological polar surface area (TPSA) is 66.8 Å². The van der Waals surface area contributed by atoms with E-state index in [-0.39, 0.29) is 6.10 Å². The van der Waals surface area contributed by atoms with Gasteiger partial charge in [0.15, 0.2) is 0 Å². The van der Waals surface area contributed by atoms with Crippen molar-refractivity contribution in [3.63, 3.8) is 0 Å². The van der Waals surface area contributed by atoms with Crippen LogP contribution in [0.1, 0.15) is 26.2 Å². The smallest absolute Gasteiger partial charge is 0.330 e. The minimum atomic E-state index is -0.904. The first-order valence-electron chi connectivity index (χ1n) is 6.18.